The molecule has 0 fully saturated rings. The molecule has 0 spiro atoms. The Morgan fingerprint density at radius 3 is 2.70 bits per heavy atom. The Morgan fingerprint density at radius 2 is 2.00 bits per heavy atom. The minimum absolute atomic E-state index is 0.0394. The average Bonchev–Trinajstić information content (AvgIpc) is 2.59. The minimum Gasteiger partial charge on any atom is -0.493 e. The Labute approximate surface area is 157 Å². The van der Waals surface area contributed by atoms with E-state index in [1.165, 1.54) is 0 Å². The van der Waals surface area contributed by atoms with E-state index in [-0.39, 0.29) is 37.5 Å². The molecule has 2 rings (SSSR count). The van der Waals surface area contributed by atoms with Gasteiger partial charge in [0.15, 0.2) is 0 Å². The monoisotopic (exact) mass is 376 g/mol. The zero-order valence-electron chi connectivity index (χ0n) is 15.7. The van der Waals surface area contributed by atoms with Crippen LogP contribution in [0.5, 0.6) is 5.75 Å². The van der Waals surface area contributed by atoms with Crippen molar-refractivity contribution in [3.05, 3.63) is 41.1 Å². The Bertz CT molecular complexity index is 743. The molecule has 0 saturated heterocycles. The molecule has 1 aliphatic rings. The van der Waals surface area contributed by atoms with Gasteiger partial charge in [-0.1, -0.05) is 12.1 Å². The zero-order chi connectivity index (χ0) is 19.8. The van der Waals surface area contributed by atoms with Crippen molar-refractivity contribution < 1.29 is 28.6 Å². The quantitative estimate of drug-likeness (QED) is 0.671. The van der Waals surface area contributed by atoms with E-state index in [1.54, 1.807) is 19.9 Å². The fraction of sp³-hybridized carbons (Fsp3) is 0.421. The molecular weight excluding hydrogens is 352 g/mol. The summed E-state index contributed by atoms with van der Waals surface area (Å²) in [7, 11) is 0. The molecule has 146 valence electrons. The maximum Gasteiger partial charge on any atom is 0.338 e. The van der Waals surface area contributed by atoms with Crippen molar-refractivity contribution in [3.63, 3.8) is 0 Å². The molecule has 0 aromatic heterocycles. The first kappa shape index (κ1) is 20.3. The lowest BCUT2D eigenvalue weighted by Crippen LogP contribution is -2.50. The van der Waals surface area contributed by atoms with E-state index in [2.05, 4.69) is 10.6 Å². The molecule has 1 aromatic carbocycles. The van der Waals surface area contributed by atoms with E-state index in [0.29, 0.717) is 5.75 Å². The summed E-state index contributed by atoms with van der Waals surface area (Å²) in [6, 6.07) is 6.48. The second-order valence-corrected chi connectivity index (χ2v) is 6.01. The molecule has 2 N–H and O–H groups in total. The fourth-order valence-electron chi connectivity index (χ4n) is 2.58. The van der Waals surface area contributed by atoms with Gasteiger partial charge in [-0.05, 0) is 38.5 Å². The zero-order valence-corrected chi connectivity index (χ0v) is 15.7. The highest BCUT2D eigenvalue weighted by atomic mass is 16.5. The van der Waals surface area contributed by atoms with E-state index in [0.717, 1.165) is 5.56 Å². The number of hydrogen-bond donors (Lipinski definition) is 2. The van der Waals surface area contributed by atoms with Gasteiger partial charge in [0.25, 0.3) is 0 Å². The number of nitrogens with one attached hydrogen (secondary N) is 2. The van der Waals surface area contributed by atoms with Crippen LogP contribution < -0.4 is 15.4 Å². The summed E-state index contributed by atoms with van der Waals surface area (Å²) < 4.78 is 15.7. The Morgan fingerprint density at radius 1 is 1.22 bits per heavy atom. The summed E-state index contributed by atoms with van der Waals surface area (Å²) in [4.78, 5) is 35.7. The van der Waals surface area contributed by atoms with Crippen molar-refractivity contribution in [3.8, 4) is 5.75 Å². The third-order valence-corrected chi connectivity index (χ3v) is 3.81. The van der Waals surface area contributed by atoms with Crippen LogP contribution >= 0.6 is 0 Å². The van der Waals surface area contributed by atoms with Crippen molar-refractivity contribution in [2.45, 2.75) is 33.2 Å². The smallest absolute Gasteiger partial charge is 0.338 e. The van der Waals surface area contributed by atoms with Gasteiger partial charge < -0.3 is 24.8 Å². The maximum absolute atomic E-state index is 12.1. The van der Waals surface area contributed by atoms with Crippen LogP contribution in [-0.4, -0.2) is 43.8 Å². The number of aryl methyl sites for hydroxylation is 1. The van der Waals surface area contributed by atoms with Crippen LogP contribution in [-0.2, 0) is 19.1 Å². The largest absolute Gasteiger partial charge is 0.493 e. The van der Waals surface area contributed by atoms with E-state index >= 15 is 0 Å². The topological polar surface area (TPSA) is 103 Å². The van der Waals surface area contributed by atoms with Gasteiger partial charge in [0.05, 0.1) is 36.9 Å². The number of amides is 2. The second kappa shape index (κ2) is 9.61. The highest BCUT2D eigenvalue weighted by Gasteiger charge is 2.30. The van der Waals surface area contributed by atoms with Crippen LogP contribution in [0.3, 0.4) is 0 Å². The van der Waals surface area contributed by atoms with Crippen molar-refractivity contribution in [2.75, 3.05) is 19.8 Å². The fourth-order valence-corrected chi connectivity index (χ4v) is 2.58. The molecular formula is C19H24N2O6. The number of carbonyl (C=O) groups is 3. The lowest BCUT2D eigenvalue weighted by atomic mass is 10.0. The van der Waals surface area contributed by atoms with E-state index in [4.69, 9.17) is 14.2 Å². The lowest BCUT2D eigenvalue weighted by Gasteiger charge is -2.26. The van der Waals surface area contributed by atoms with Gasteiger partial charge in [-0.2, -0.15) is 0 Å². The first-order valence-corrected chi connectivity index (χ1v) is 8.73. The number of rotatable bonds is 8. The third kappa shape index (κ3) is 6.02. The van der Waals surface area contributed by atoms with Gasteiger partial charge in [-0.3, -0.25) is 4.79 Å². The number of benzene rings is 1. The summed E-state index contributed by atoms with van der Waals surface area (Å²) in [5, 5.41) is 5.07. The summed E-state index contributed by atoms with van der Waals surface area (Å²) in [6.07, 6.45) is 0.0394. The molecule has 0 radical (unpaired) electrons. The van der Waals surface area contributed by atoms with E-state index < -0.39 is 24.0 Å². The third-order valence-electron chi connectivity index (χ3n) is 3.81. The summed E-state index contributed by atoms with van der Waals surface area (Å²) >= 11 is 0. The molecule has 8 nitrogen and oxygen atoms in total. The van der Waals surface area contributed by atoms with Crippen LogP contribution in [0, 0.1) is 6.92 Å². The minimum atomic E-state index is -0.564. The Kier molecular flexibility index (Phi) is 7.22. The van der Waals surface area contributed by atoms with Crippen LogP contribution in [0.25, 0.3) is 0 Å². The Hall–Kier alpha value is -3.03. The van der Waals surface area contributed by atoms with Crippen LogP contribution in [0.15, 0.2) is 35.5 Å². The van der Waals surface area contributed by atoms with Gasteiger partial charge in [0.1, 0.15) is 12.4 Å². The predicted molar refractivity (Wildman–Crippen MR) is 97.0 cm³/mol. The highest BCUT2D eigenvalue weighted by Crippen LogP contribution is 2.15. The molecule has 1 atom stereocenters. The van der Waals surface area contributed by atoms with Gasteiger partial charge >= 0.3 is 18.0 Å². The van der Waals surface area contributed by atoms with Crippen LogP contribution in [0.2, 0.25) is 0 Å². The predicted octanol–water partition coefficient (Wildman–Crippen LogP) is 1.83. The number of ether oxygens (including phenoxy) is 3. The summed E-state index contributed by atoms with van der Waals surface area (Å²) in [5.41, 5.74) is 1.52. The molecule has 0 unspecified atom stereocenters. The molecule has 0 aliphatic carbocycles. The van der Waals surface area contributed by atoms with Crippen LogP contribution in [0.4, 0.5) is 4.79 Å². The molecule has 0 saturated carbocycles. The van der Waals surface area contributed by atoms with Crippen molar-refractivity contribution in [1.82, 2.24) is 10.6 Å². The first-order valence-electron chi connectivity index (χ1n) is 8.73. The molecule has 2 amide bonds. The molecule has 27 heavy (non-hydrogen) atoms. The van der Waals surface area contributed by atoms with E-state index in [1.807, 2.05) is 25.1 Å². The second-order valence-electron chi connectivity index (χ2n) is 6.01. The van der Waals surface area contributed by atoms with Gasteiger partial charge in [-0.25, -0.2) is 9.59 Å². The number of esters is 2. The molecule has 1 aliphatic heterocycles. The maximum atomic E-state index is 12.1. The molecule has 1 aromatic rings. The van der Waals surface area contributed by atoms with E-state index in [9.17, 15) is 14.4 Å². The lowest BCUT2D eigenvalue weighted by molar-refractivity contribution is -0.144. The molecule has 0 bridgehead atoms. The standard InChI is InChI=1S/C19H24N2O6/c1-4-25-18(23)17-13(3)20-19(24)21-15(17)11-27-16(22)8-9-26-14-7-5-6-12(2)10-14/h5-7,10,13H,4,8-9,11H2,1-3H3,(H2,20,21,24)/t13-/m0/s1. The summed E-state index contributed by atoms with van der Waals surface area (Å²) in [5.74, 6) is -0.389. The van der Waals surface area contributed by atoms with Crippen molar-refractivity contribution in [2.24, 2.45) is 0 Å². The average molecular weight is 376 g/mol. The van der Waals surface area contributed by atoms with Gasteiger partial charge in [0.2, 0.25) is 0 Å². The SMILES string of the molecule is CCOC(=O)C1=C(COC(=O)CCOc2cccc(C)c2)NC(=O)N[C@H]1C. The first-order chi connectivity index (χ1) is 12.9. The van der Waals surface area contributed by atoms with Crippen LogP contribution in [0.1, 0.15) is 25.8 Å². The van der Waals surface area contributed by atoms with Gasteiger partial charge in [0, 0.05) is 0 Å². The summed E-state index contributed by atoms with van der Waals surface area (Å²) in [6.45, 7) is 5.43. The van der Waals surface area contributed by atoms with Gasteiger partial charge in [-0.15, -0.1) is 0 Å². The van der Waals surface area contributed by atoms with Crippen molar-refractivity contribution >= 4 is 18.0 Å². The molecule has 8 heteroatoms. The highest BCUT2D eigenvalue weighted by molar-refractivity contribution is 5.94. The number of hydrogen-bond acceptors (Lipinski definition) is 6. The Balaban J connectivity index is 1.89. The number of carbonyl (C=O) groups excluding carboxylic acids is 3. The van der Waals surface area contributed by atoms with Crippen molar-refractivity contribution in [1.29, 1.82) is 0 Å². The number of urea groups is 1. The normalized spacial score (nSPS) is 16.3. The molecule has 1 heterocycles.